The summed E-state index contributed by atoms with van der Waals surface area (Å²) < 4.78 is 23.8. The van der Waals surface area contributed by atoms with Gasteiger partial charge in [-0.15, -0.1) is 0 Å². The second kappa shape index (κ2) is 4.87. The Morgan fingerprint density at radius 2 is 1.87 bits per heavy atom. The lowest BCUT2D eigenvalue weighted by molar-refractivity contribution is -0.131. The summed E-state index contributed by atoms with van der Waals surface area (Å²) in [6.07, 6.45) is -2.95. The molecule has 0 radical (unpaired) electrons. The molecule has 0 atom stereocenters. The maximum atomic E-state index is 11.9. The Balaban J connectivity index is 2.69. The smallest absolute Gasteiger partial charge is 0.315 e. The number of halogens is 2. The van der Waals surface area contributed by atoms with Crippen LogP contribution in [0.3, 0.4) is 0 Å². The lowest BCUT2D eigenvalue weighted by atomic mass is 10.0. The van der Waals surface area contributed by atoms with Crippen LogP contribution in [-0.4, -0.2) is 12.3 Å². The van der Waals surface area contributed by atoms with Crippen LogP contribution in [0.5, 0.6) is 0 Å². The molecule has 0 bridgehead atoms. The van der Waals surface area contributed by atoms with Gasteiger partial charge < -0.3 is 5.32 Å². The van der Waals surface area contributed by atoms with Gasteiger partial charge in [0.25, 0.3) is 5.91 Å². The van der Waals surface area contributed by atoms with Gasteiger partial charge in [-0.05, 0) is 30.5 Å². The Hall–Kier alpha value is -1.45. The molecule has 4 heteroatoms. The summed E-state index contributed by atoms with van der Waals surface area (Å²) in [5, 5.41) is 2.19. The van der Waals surface area contributed by atoms with Crippen molar-refractivity contribution in [1.29, 1.82) is 0 Å². The Bertz CT molecular complexity index is 343. The molecule has 82 valence electrons. The van der Waals surface area contributed by atoms with Crippen molar-refractivity contribution >= 4 is 5.91 Å². The number of nitrogens with one attached hydrogen (secondary N) is 1. The summed E-state index contributed by atoms with van der Waals surface area (Å²) in [5.41, 5.74) is 2.88. The van der Waals surface area contributed by atoms with Crippen molar-refractivity contribution in [2.24, 2.45) is 0 Å². The predicted molar refractivity (Wildman–Crippen MR) is 53.8 cm³/mol. The molecule has 0 aromatic heterocycles. The number of hydrogen-bond acceptors (Lipinski definition) is 1. The van der Waals surface area contributed by atoms with E-state index in [0.29, 0.717) is 0 Å². The zero-order valence-corrected chi connectivity index (χ0v) is 8.68. The van der Waals surface area contributed by atoms with Crippen molar-refractivity contribution in [2.75, 3.05) is 0 Å². The topological polar surface area (TPSA) is 29.1 Å². The summed E-state index contributed by atoms with van der Waals surface area (Å²) >= 11 is 0. The van der Waals surface area contributed by atoms with E-state index in [1.165, 1.54) is 0 Å². The number of amides is 1. The maximum Gasteiger partial charge on any atom is 0.315 e. The van der Waals surface area contributed by atoms with E-state index in [-0.39, 0.29) is 6.54 Å². The first-order chi connectivity index (χ1) is 7.02. The molecule has 0 spiro atoms. The minimum atomic E-state index is -2.95. The van der Waals surface area contributed by atoms with Gasteiger partial charge in [0.2, 0.25) is 0 Å². The highest BCUT2D eigenvalue weighted by Crippen LogP contribution is 2.12. The molecule has 0 heterocycles. The van der Waals surface area contributed by atoms with Crippen LogP contribution in [0.4, 0.5) is 8.78 Å². The standard InChI is InChI=1S/C11H13F2NO/c1-7-4-3-5-8(2)9(7)6-14-11(15)10(12)13/h3-5,10H,6H2,1-2H3,(H,14,15). The number of hydrogen-bond donors (Lipinski definition) is 1. The molecule has 1 N–H and O–H groups in total. The Morgan fingerprint density at radius 3 is 2.33 bits per heavy atom. The highest BCUT2D eigenvalue weighted by molar-refractivity contribution is 5.79. The zero-order valence-electron chi connectivity index (χ0n) is 8.68. The first kappa shape index (κ1) is 11.6. The van der Waals surface area contributed by atoms with E-state index in [1.807, 2.05) is 32.0 Å². The third-order valence-electron chi connectivity index (χ3n) is 2.28. The van der Waals surface area contributed by atoms with E-state index >= 15 is 0 Å². The molecule has 15 heavy (non-hydrogen) atoms. The highest BCUT2D eigenvalue weighted by atomic mass is 19.3. The van der Waals surface area contributed by atoms with Crippen LogP contribution in [0, 0.1) is 13.8 Å². The van der Waals surface area contributed by atoms with E-state index in [0.717, 1.165) is 16.7 Å². The second-order valence-electron chi connectivity index (χ2n) is 3.39. The second-order valence-corrected chi connectivity index (χ2v) is 3.39. The van der Waals surface area contributed by atoms with Gasteiger partial charge in [-0.1, -0.05) is 18.2 Å². The van der Waals surface area contributed by atoms with Crippen LogP contribution >= 0.6 is 0 Å². The van der Waals surface area contributed by atoms with Crippen molar-refractivity contribution in [3.63, 3.8) is 0 Å². The van der Waals surface area contributed by atoms with Gasteiger partial charge in [0.1, 0.15) is 0 Å². The molecule has 1 aromatic carbocycles. The Kier molecular flexibility index (Phi) is 3.77. The summed E-state index contributed by atoms with van der Waals surface area (Å²) in [7, 11) is 0. The molecule has 0 fully saturated rings. The number of benzene rings is 1. The van der Waals surface area contributed by atoms with Crippen LogP contribution < -0.4 is 5.32 Å². The Labute approximate surface area is 87.3 Å². The summed E-state index contributed by atoms with van der Waals surface area (Å²) in [6, 6.07) is 5.66. The number of aryl methyl sites for hydroxylation is 2. The fraction of sp³-hybridized carbons (Fsp3) is 0.364. The molecule has 1 aromatic rings. The first-order valence-corrected chi connectivity index (χ1v) is 4.63. The van der Waals surface area contributed by atoms with E-state index < -0.39 is 12.3 Å². The van der Waals surface area contributed by atoms with E-state index in [4.69, 9.17) is 0 Å². The van der Waals surface area contributed by atoms with Crippen molar-refractivity contribution in [1.82, 2.24) is 5.32 Å². The van der Waals surface area contributed by atoms with Gasteiger partial charge in [0.05, 0.1) is 0 Å². The molecule has 0 unspecified atom stereocenters. The monoisotopic (exact) mass is 213 g/mol. The molecule has 0 aliphatic rings. The SMILES string of the molecule is Cc1cccc(C)c1CNC(=O)C(F)F. The lowest BCUT2D eigenvalue weighted by Crippen LogP contribution is -2.29. The molecule has 0 saturated heterocycles. The number of rotatable bonds is 3. The molecule has 0 saturated carbocycles. The van der Waals surface area contributed by atoms with E-state index in [1.54, 1.807) is 0 Å². The third-order valence-corrected chi connectivity index (χ3v) is 2.28. The van der Waals surface area contributed by atoms with Crippen molar-refractivity contribution in [2.45, 2.75) is 26.8 Å². The largest absolute Gasteiger partial charge is 0.347 e. The van der Waals surface area contributed by atoms with Crippen LogP contribution in [0.2, 0.25) is 0 Å². The third kappa shape index (κ3) is 3.01. The van der Waals surface area contributed by atoms with Crippen molar-refractivity contribution < 1.29 is 13.6 Å². The summed E-state index contributed by atoms with van der Waals surface area (Å²) in [6.45, 7) is 3.93. The molecule has 0 aliphatic heterocycles. The van der Waals surface area contributed by atoms with Crippen molar-refractivity contribution in [3.8, 4) is 0 Å². The minimum Gasteiger partial charge on any atom is -0.347 e. The molecule has 1 amide bonds. The summed E-state index contributed by atoms with van der Waals surface area (Å²) in [4.78, 5) is 10.7. The number of alkyl halides is 2. The van der Waals surface area contributed by atoms with Gasteiger partial charge >= 0.3 is 6.43 Å². The number of carbonyl (C=O) groups excluding carboxylic acids is 1. The lowest BCUT2D eigenvalue weighted by Gasteiger charge is -2.10. The normalized spacial score (nSPS) is 10.5. The van der Waals surface area contributed by atoms with Crippen LogP contribution in [0.15, 0.2) is 18.2 Å². The summed E-state index contributed by atoms with van der Waals surface area (Å²) in [5.74, 6) is -1.22. The zero-order chi connectivity index (χ0) is 11.4. The fourth-order valence-corrected chi connectivity index (χ4v) is 1.38. The van der Waals surface area contributed by atoms with Gasteiger partial charge in [-0.3, -0.25) is 4.79 Å². The average molecular weight is 213 g/mol. The molecule has 1 rings (SSSR count). The molecular formula is C11H13F2NO. The van der Waals surface area contributed by atoms with Crippen LogP contribution in [0.25, 0.3) is 0 Å². The van der Waals surface area contributed by atoms with Crippen LogP contribution in [0.1, 0.15) is 16.7 Å². The fourth-order valence-electron chi connectivity index (χ4n) is 1.38. The first-order valence-electron chi connectivity index (χ1n) is 4.63. The minimum absolute atomic E-state index is 0.154. The van der Waals surface area contributed by atoms with Gasteiger partial charge in [-0.2, -0.15) is 8.78 Å². The predicted octanol–water partition coefficient (Wildman–Crippen LogP) is 2.18. The molecular weight excluding hydrogens is 200 g/mol. The maximum absolute atomic E-state index is 11.9. The van der Waals surface area contributed by atoms with Gasteiger partial charge in [0.15, 0.2) is 0 Å². The van der Waals surface area contributed by atoms with Gasteiger partial charge in [-0.25, -0.2) is 0 Å². The molecule has 2 nitrogen and oxygen atoms in total. The van der Waals surface area contributed by atoms with E-state index in [2.05, 4.69) is 5.32 Å². The van der Waals surface area contributed by atoms with Gasteiger partial charge in [0, 0.05) is 6.54 Å². The van der Waals surface area contributed by atoms with E-state index in [9.17, 15) is 13.6 Å². The average Bonchev–Trinajstić information content (AvgIpc) is 2.16. The highest BCUT2D eigenvalue weighted by Gasteiger charge is 2.14. The molecule has 0 aliphatic carbocycles. The quantitative estimate of drug-likeness (QED) is 0.819. The Morgan fingerprint density at radius 1 is 1.33 bits per heavy atom. The van der Waals surface area contributed by atoms with Crippen molar-refractivity contribution in [3.05, 3.63) is 34.9 Å². The van der Waals surface area contributed by atoms with Crippen LogP contribution in [-0.2, 0) is 11.3 Å². The number of carbonyl (C=O) groups is 1.